The van der Waals surface area contributed by atoms with Crippen molar-refractivity contribution in [3.8, 4) is 5.75 Å². The molecular weight excluding hydrogens is 420 g/mol. The van der Waals surface area contributed by atoms with Gasteiger partial charge in [-0.15, -0.1) is 10.2 Å². The van der Waals surface area contributed by atoms with Gasteiger partial charge in [-0.05, 0) is 29.8 Å². The molecule has 10 heteroatoms. The number of urea groups is 1. The van der Waals surface area contributed by atoms with Crippen molar-refractivity contribution in [3.05, 3.63) is 65.2 Å². The number of aromatic nitrogens is 2. The van der Waals surface area contributed by atoms with Crippen LogP contribution in [-0.4, -0.2) is 45.3 Å². The Labute approximate surface area is 182 Å². The summed E-state index contributed by atoms with van der Waals surface area (Å²) in [5.41, 5.74) is 1.67. The number of nitrogens with zero attached hydrogens (tertiary/aromatic N) is 2. The predicted molar refractivity (Wildman–Crippen MR) is 115 cm³/mol. The van der Waals surface area contributed by atoms with Crippen LogP contribution in [0.25, 0.3) is 0 Å². The summed E-state index contributed by atoms with van der Waals surface area (Å²) >= 11 is 1.16. The predicted octanol–water partition coefficient (Wildman–Crippen LogP) is 2.94. The van der Waals surface area contributed by atoms with Gasteiger partial charge >= 0.3 is 6.03 Å². The fourth-order valence-corrected chi connectivity index (χ4v) is 3.89. The summed E-state index contributed by atoms with van der Waals surface area (Å²) < 4.78 is 11.3. The van der Waals surface area contributed by atoms with Crippen LogP contribution in [0.1, 0.15) is 23.1 Å². The molecule has 0 radical (unpaired) electrons. The summed E-state index contributed by atoms with van der Waals surface area (Å²) in [6, 6.07) is 16.4. The molecule has 1 fully saturated rings. The molecule has 9 nitrogen and oxygen atoms in total. The van der Waals surface area contributed by atoms with Gasteiger partial charge in [0.25, 0.3) is 0 Å². The molecule has 0 spiro atoms. The van der Waals surface area contributed by atoms with Crippen LogP contribution in [0, 0.1) is 0 Å². The highest BCUT2D eigenvalue weighted by Gasteiger charge is 2.36. The van der Waals surface area contributed by atoms with Crippen LogP contribution >= 0.6 is 11.3 Å². The monoisotopic (exact) mass is 442 g/mol. The van der Waals surface area contributed by atoms with Crippen LogP contribution in [0.4, 0.5) is 15.6 Å². The summed E-state index contributed by atoms with van der Waals surface area (Å²) in [5.74, 6) is 0.698. The number of hydrogen-bond acceptors (Lipinski definition) is 8. The fraction of sp³-hybridized carbons (Fsp3) is 0.286. The Balaban J connectivity index is 1.27. The number of aliphatic hydroxyl groups is 2. The van der Waals surface area contributed by atoms with Gasteiger partial charge in [0.05, 0.1) is 12.7 Å². The molecule has 0 saturated carbocycles. The number of ether oxygens (including phenoxy) is 2. The van der Waals surface area contributed by atoms with E-state index in [0.717, 1.165) is 16.9 Å². The lowest BCUT2D eigenvalue weighted by atomic mass is 10.1. The number of aliphatic hydroxyl groups excluding tert-OH is 2. The summed E-state index contributed by atoms with van der Waals surface area (Å²) in [5, 5.41) is 33.1. The molecule has 3 atom stereocenters. The van der Waals surface area contributed by atoms with Gasteiger partial charge in [0.2, 0.25) is 5.13 Å². The van der Waals surface area contributed by atoms with Crippen molar-refractivity contribution >= 4 is 28.2 Å². The Hall–Kier alpha value is -3.05. The average molecular weight is 442 g/mol. The maximum absolute atomic E-state index is 12.2. The largest absolute Gasteiger partial charge is 0.489 e. The Bertz CT molecular complexity index is 999. The van der Waals surface area contributed by atoms with E-state index in [1.165, 1.54) is 0 Å². The quantitative estimate of drug-likeness (QED) is 0.443. The third-order valence-corrected chi connectivity index (χ3v) is 5.63. The van der Waals surface area contributed by atoms with E-state index in [0.29, 0.717) is 34.6 Å². The Kier molecular flexibility index (Phi) is 6.73. The summed E-state index contributed by atoms with van der Waals surface area (Å²) in [6.45, 7) is 0.203. The number of rotatable bonds is 7. The standard InChI is InChI=1S/C21H22N4O5S/c26-11-18-16(27)10-17(30-18)19-24-25-21(31-19)23-20(28)22-14-6-8-15(9-7-14)29-12-13-4-2-1-3-5-13/h1-9,16-18,26-27H,10-12H2,(H2,22,23,25,28)/t16-,17+,18+/m0/s1. The minimum atomic E-state index is -0.752. The van der Waals surface area contributed by atoms with Crippen LogP contribution in [0.15, 0.2) is 54.6 Å². The van der Waals surface area contributed by atoms with Crippen LogP contribution in [-0.2, 0) is 11.3 Å². The van der Waals surface area contributed by atoms with Crippen molar-refractivity contribution in [1.82, 2.24) is 10.2 Å². The SMILES string of the molecule is O=C(Nc1ccc(OCc2ccccc2)cc1)Nc1nnc([C@H]2C[C@H](O)[C@@H](CO)O2)s1. The lowest BCUT2D eigenvalue weighted by Crippen LogP contribution is -2.24. The van der Waals surface area contributed by atoms with E-state index in [4.69, 9.17) is 9.47 Å². The molecule has 31 heavy (non-hydrogen) atoms. The molecule has 1 aliphatic heterocycles. The van der Waals surface area contributed by atoms with Crippen molar-refractivity contribution in [1.29, 1.82) is 0 Å². The van der Waals surface area contributed by atoms with Gasteiger partial charge in [-0.2, -0.15) is 0 Å². The van der Waals surface area contributed by atoms with E-state index in [1.54, 1.807) is 24.3 Å². The maximum Gasteiger partial charge on any atom is 0.325 e. The molecule has 4 rings (SSSR count). The third kappa shape index (κ3) is 5.56. The van der Waals surface area contributed by atoms with Crippen molar-refractivity contribution < 1.29 is 24.5 Å². The van der Waals surface area contributed by atoms with Gasteiger partial charge in [-0.25, -0.2) is 4.79 Å². The smallest absolute Gasteiger partial charge is 0.325 e. The first-order valence-corrected chi connectivity index (χ1v) is 10.5. The van der Waals surface area contributed by atoms with Crippen LogP contribution in [0.3, 0.4) is 0 Å². The zero-order valence-electron chi connectivity index (χ0n) is 16.5. The molecule has 1 aromatic heterocycles. The summed E-state index contributed by atoms with van der Waals surface area (Å²) in [4.78, 5) is 12.2. The maximum atomic E-state index is 12.2. The van der Waals surface area contributed by atoms with E-state index >= 15 is 0 Å². The Morgan fingerprint density at radius 3 is 2.61 bits per heavy atom. The van der Waals surface area contributed by atoms with Crippen molar-refractivity contribution in [3.63, 3.8) is 0 Å². The summed E-state index contributed by atoms with van der Waals surface area (Å²) in [6.07, 6.45) is -1.51. The number of nitrogens with one attached hydrogen (secondary N) is 2. The highest BCUT2D eigenvalue weighted by Crippen LogP contribution is 2.35. The Morgan fingerprint density at radius 2 is 1.90 bits per heavy atom. The normalized spacial score (nSPS) is 20.4. The zero-order valence-corrected chi connectivity index (χ0v) is 17.3. The number of carbonyl (C=O) groups excluding carboxylic acids is 1. The first kappa shape index (κ1) is 21.2. The van der Waals surface area contributed by atoms with Crippen LogP contribution in [0.5, 0.6) is 5.75 Å². The number of anilines is 2. The second kappa shape index (κ2) is 9.84. The molecule has 1 saturated heterocycles. The van der Waals surface area contributed by atoms with Gasteiger partial charge in [0.15, 0.2) is 0 Å². The molecular formula is C21H22N4O5S. The van der Waals surface area contributed by atoms with Crippen molar-refractivity contribution in [2.24, 2.45) is 0 Å². The minimum absolute atomic E-state index is 0.264. The molecule has 4 N–H and O–H groups in total. The van der Waals surface area contributed by atoms with E-state index in [9.17, 15) is 15.0 Å². The number of hydrogen-bond donors (Lipinski definition) is 4. The van der Waals surface area contributed by atoms with Crippen molar-refractivity contribution in [2.75, 3.05) is 17.2 Å². The zero-order chi connectivity index (χ0) is 21.6. The van der Waals surface area contributed by atoms with Crippen LogP contribution in [0.2, 0.25) is 0 Å². The third-order valence-electron chi connectivity index (χ3n) is 4.70. The highest BCUT2D eigenvalue weighted by atomic mass is 32.1. The van der Waals surface area contributed by atoms with Crippen LogP contribution < -0.4 is 15.4 Å². The Morgan fingerprint density at radius 1 is 1.13 bits per heavy atom. The number of amides is 2. The van der Waals surface area contributed by atoms with E-state index in [1.807, 2.05) is 30.3 Å². The van der Waals surface area contributed by atoms with E-state index in [2.05, 4.69) is 20.8 Å². The van der Waals surface area contributed by atoms with Gasteiger partial charge in [0.1, 0.15) is 29.6 Å². The van der Waals surface area contributed by atoms with Crippen molar-refractivity contribution in [2.45, 2.75) is 31.3 Å². The molecule has 2 aromatic carbocycles. The van der Waals surface area contributed by atoms with Gasteiger partial charge in [0, 0.05) is 12.1 Å². The molecule has 3 aromatic rings. The molecule has 0 unspecified atom stereocenters. The lowest BCUT2D eigenvalue weighted by molar-refractivity contribution is -0.0227. The molecule has 0 bridgehead atoms. The minimum Gasteiger partial charge on any atom is -0.489 e. The van der Waals surface area contributed by atoms with Gasteiger partial charge in [-0.3, -0.25) is 5.32 Å². The highest BCUT2D eigenvalue weighted by molar-refractivity contribution is 7.15. The molecule has 162 valence electrons. The molecule has 0 aliphatic carbocycles. The van der Waals surface area contributed by atoms with E-state index in [-0.39, 0.29) is 6.61 Å². The van der Waals surface area contributed by atoms with Gasteiger partial charge < -0.3 is 25.0 Å². The number of benzene rings is 2. The molecule has 2 heterocycles. The molecule has 2 amide bonds. The second-order valence-electron chi connectivity index (χ2n) is 6.97. The lowest BCUT2D eigenvalue weighted by Gasteiger charge is -2.09. The first-order chi connectivity index (χ1) is 15.1. The summed E-state index contributed by atoms with van der Waals surface area (Å²) in [7, 11) is 0. The first-order valence-electron chi connectivity index (χ1n) is 9.73. The topological polar surface area (TPSA) is 126 Å². The average Bonchev–Trinajstić information content (AvgIpc) is 3.40. The second-order valence-corrected chi connectivity index (χ2v) is 7.98. The number of carbonyl (C=O) groups is 1. The fourth-order valence-electron chi connectivity index (χ4n) is 3.10. The molecule has 1 aliphatic rings. The van der Waals surface area contributed by atoms with E-state index < -0.39 is 24.3 Å². The van der Waals surface area contributed by atoms with Gasteiger partial charge in [-0.1, -0.05) is 41.7 Å².